The number of halogens is 2. The van der Waals surface area contributed by atoms with Crippen LogP contribution in [0.15, 0.2) is 24.3 Å². The average Bonchev–Trinajstić information content (AvgIpc) is 2.13. The Hall–Kier alpha value is -0.200. The molecule has 2 heteroatoms. The first-order chi connectivity index (χ1) is 6.81. The molecule has 0 N–H and O–H groups in total. The third kappa shape index (κ3) is 2.07. The van der Waals surface area contributed by atoms with E-state index in [0.717, 1.165) is 16.8 Å². The highest BCUT2D eigenvalue weighted by Crippen LogP contribution is 2.40. The Balaban J connectivity index is 2.14. The van der Waals surface area contributed by atoms with E-state index < -0.39 is 0 Å². The standard InChI is InChI=1S/C12H14Cl2/c13-8-12(9-2-1-3-9)10-4-6-11(14)7-5-10/h4-7,9,12H,1-3,8H2. The summed E-state index contributed by atoms with van der Waals surface area (Å²) >= 11 is 11.9. The average molecular weight is 229 g/mol. The van der Waals surface area contributed by atoms with E-state index in [1.54, 1.807) is 0 Å². The summed E-state index contributed by atoms with van der Waals surface area (Å²) in [6.45, 7) is 0. The van der Waals surface area contributed by atoms with E-state index in [0.29, 0.717) is 5.92 Å². The molecule has 1 fully saturated rings. The van der Waals surface area contributed by atoms with Gasteiger partial charge in [-0.05, 0) is 36.5 Å². The van der Waals surface area contributed by atoms with Crippen LogP contribution in [0.3, 0.4) is 0 Å². The molecule has 0 nitrogen and oxygen atoms in total. The monoisotopic (exact) mass is 228 g/mol. The van der Waals surface area contributed by atoms with E-state index in [-0.39, 0.29) is 0 Å². The van der Waals surface area contributed by atoms with Gasteiger partial charge in [-0.1, -0.05) is 30.2 Å². The molecule has 0 heterocycles. The van der Waals surface area contributed by atoms with Crippen molar-refractivity contribution in [3.05, 3.63) is 34.9 Å². The quantitative estimate of drug-likeness (QED) is 0.671. The Morgan fingerprint density at radius 2 is 1.86 bits per heavy atom. The minimum absolute atomic E-state index is 0.530. The first kappa shape index (κ1) is 10.3. The number of rotatable bonds is 3. The van der Waals surface area contributed by atoms with Crippen LogP contribution in [0.5, 0.6) is 0 Å². The van der Waals surface area contributed by atoms with Crippen molar-refractivity contribution in [3.63, 3.8) is 0 Å². The normalized spacial score (nSPS) is 19.0. The second-order valence-electron chi connectivity index (χ2n) is 4.00. The fraction of sp³-hybridized carbons (Fsp3) is 0.500. The van der Waals surface area contributed by atoms with E-state index in [2.05, 4.69) is 12.1 Å². The van der Waals surface area contributed by atoms with Crippen molar-refractivity contribution in [2.24, 2.45) is 5.92 Å². The molecule has 0 aliphatic heterocycles. The zero-order chi connectivity index (χ0) is 9.97. The second kappa shape index (κ2) is 4.55. The number of hydrogen-bond donors (Lipinski definition) is 0. The van der Waals surface area contributed by atoms with Crippen LogP contribution in [0.25, 0.3) is 0 Å². The highest BCUT2D eigenvalue weighted by Gasteiger charge is 2.27. The molecular formula is C12H14Cl2. The highest BCUT2D eigenvalue weighted by atomic mass is 35.5. The van der Waals surface area contributed by atoms with Crippen molar-refractivity contribution in [3.8, 4) is 0 Å². The molecule has 0 bridgehead atoms. The van der Waals surface area contributed by atoms with Crippen LogP contribution in [-0.4, -0.2) is 5.88 Å². The number of benzene rings is 1. The molecule has 14 heavy (non-hydrogen) atoms. The lowest BCUT2D eigenvalue weighted by atomic mass is 9.74. The maximum atomic E-state index is 6.02. The Morgan fingerprint density at radius 3 is 2.29 bits per heavy atom. The summed E-state index contributed by atoms with van der Waals surface area (Å²) in [5.74, 6) is 2.06. The third-order valence-electron chi connectivity index (χ3n) is 3.18. The fourth-order valence-electron chi connectivity index (χ4n) is 2.04. The van der Waals surface area contributed by atoms with Gasteiger partial charge in [-0.15, -0.1) is 11.6 Å². The molecule has 0 amide bonds. The molecule has 1 saturated carbocycles. The summed E-state index contributed by atoms with van der Waals surface area (Å²) in [6, 6.07) is 8.12. The van der Waals surface area contributed by atoms with Gasteiger partial charge in [0.05, 0.1) is 0 Å². The molecule has 1 atom stereocenters. The first-order valence-corrected chi connectivity index (χ1v) is 6.04. The minimum Gasteiger partial charge on any atom is -0.126 e. The van der Waals surface area contributed by atoms with Crippen molar-refractivity contribution in [2.45, 2.75) is 25.2 Å². The van der Waals surface area contributed by atoms with E-state index in [9.17, 15) is 0 Å². The van der Waals surface area contributed by atoms with Gasteiger partial charge in [-0.25, -0.2) is 0 Å². The molecule has 1 aromatic carbocycles. The summed E-state index contributed by atoms with van der Waals surface area (Å²) in [6.07, 6.45) is 4.03. The topological polar surface area (TPSA) is 0 Å². The molecule has 0 saturated heterocycles. The zero-order valence-corrected chi connectivity index (χ0v) is 9.56. The van der Waals surface area contributed by atoms with Crippen LogP contribution < -0.4 is 0 Å². The van der Waals surface area contributed by atoms with Crippen LogP contribution in [-0.2, 0) is 0 Å². The lowest BCUT2D eigenvalue weighted by Gasteiger charge is -2.33. The van der Waals surface area contributed by atoms with Gasteiger partial charge in [-0.2, -0.15) is 0 Å². The molecule has 76 valence electrons. The smallest absolute Gasteiger partial charge is 0.0406 e. The van der Waals surface area contributed by atoms with Crippen molar-refractivity contribution < 1.29 is 0 Å². The Kier molecular flexibility index (Phi) is 3.35. The molecule has 0 spiro atoms. The van der Waals surface area contributed by atoms with Crippen molar-refractivity contribution in [2.75, 3.05) is 5.88 Å². The molecule has 1 aliphatic carbocycles. The van der Waals surface area contributed by atoms with Gasteiger partial charge >= 0.3 is 0 Å². The number of hydrogen-bond acceptors (Lipinski definition) is 0. The summed E-state index contributed by atoms with van der Waals surface area (Å²) < 4.78 is 0. The predicted molar refractivity (Wildman–Crippen MR) is 62.3 cm³/mol. The van der Waals surface area contributed by atoms with Gasteiger partial charge in [0.1, 0.15) is 0 Å². The van der Waals surface area contributed by atoms with Crippen molar-refractivity contribution in [1.82, 2.24) is 0 Å². The van der Waals surface area contributed by atoms with E-state index in [1.165, 1.54) is 24.8 Å². The maximum absolute atomic E-state index is 6.02. The summed E-state index contributed by atoms with van der Waals surface area (Å²) in [4.78, 5) is 0. The molecule has 0 aromatic heterocycles. The van der Waals surface area contributed by atoms with E-state index >= 15 is 0 Å². The second-order valence-corrected chi connectivity index (χ2v) is 4.75. The summed E-state index contributed by atoms with van der Waals surface area (Å²) in [5.41, 5.74) is 1.34. The summed E-state index contributed by atoms with van der Waals surface area (Å²) in [5, 5.41) is 0.802. The van der Waals surface area contributed by atoms with Crippen molar-refractivity contribution >= 4 is 23.2 Å². The third-order valence-corrected chi connectivity index (χ3v) is 3.77. The van der Waals surface area contributed by atoms with Crippen molar-refractivity contribution in [1.29, 1.82) is 0 Å². The van der Waals surface area contributed by atoms with Crippen LogP contribution in [0.4, 0.5) is 0 Å². The molecular weight excluding hydrogens is 215 g/mol. The molecule has 2 rings (SSSR count). The van der Waals surface area contributed by atoms with Gasteiger partial charge in [0, 0.05) is 16.8 Å². The van der Waals surface area contributed by atoms with E-state index in [4.69, 9.17) is 23.2 Å². The van der Waals surface area contributed by atoms with Crippen LogP contribution in [0, 0.1) is 5.92 Å². The van der Waals surface area contributed by atoms with Crippen LogP contribution >= 0.6 is 23.2 Å². The SMILES string of the molecule is ClCC(c1ccc(Cl)cc1)C1CCC1. The van der Waals surface area contributed by atoms with Crippen LogP contribution in [0.2, 0.25) is 5.02 Å². The molecule has 1 aliphatic rings. The summed E-state index contributed by atoms with van der Waals surface area (Å²) in [7, 11) is 0. The molecule has 1 unspecified atom stereocenters. The maximum Gasteiger partial charge on any atom is 0.0406 e. The predicted octanol–water partition coefficient (Wildman–Crippen LogP) is 4.46. The molecule has 0 radical (unpaired) electrons. The highest BCUT2D eigenvalue weighted by molar-refractivity contribution is 6.30. The van der Waals surface area contributed by atoms with Crippen LogP contribution in [0.1, 0.15) is 30.7 Å². The Morgan fingerprint density at radius 1 is 1.21 bits per heavy atom. The van der Waals surface area contributed by atoms with Gasteiger partial charge in [0.25, 0.3) is 0 Å². The Bertz CT molecular complexity index is 288. The first-order valence-electron chi connectivity index (χ1n) is 5.12. The van der Waals surface area contributed by atoms with Gasteiger partial charge < -0.3 is 0 Å². The fourth-order valence-corrected chi connectivity index (χ4v) is 2.60. The zero-order valence-electron chi connectivity index (χ0n) is 8.05. The molecule has 1 aromatic rings. The number of alkyl halides is 1. The minimum atomic E-state index is 0.530. The van der Waals surface area contributed by atoms with Gasteiger partial charge in [0.2, 0.25) is 0 Å². The van der Waals surface area contributed by atoms with E-state index in [1.807, 2.05) is 12.1 Å². The van der Waals surface area contributed by atoms with Gasteiger partial charge in [0.15, 0.2) is 0 Å². The van der Waals surface area contributed by atoms with Gasteiger partial charge in [-0.3, -0.25) is 0 Å². The Labute approximate surface area is 95.2 Å². The lowest BCUT2D eigenvalue weighted by molar-refractivity contribution is 0.274. The largest absolute Gasteiger partial charge is 0.126 e. The lowest BCUT2D eigenvalue weighted by Crippen LogP contribution is -2.21.